The van der Waals surface area contributed by atoms with Crippen molar-refractivity contribution in [3.8, 4) is 0 Å². The van der Waals surface area contributed by atoms with Gasteiger partial charge in [0.05, 0.1) is 0 Å². The molecule has 1 aromatic carbocycles. The average molecular weight is 271 g/mol. The maximum absolute atomic E-state index is 11.5. The van der Waals surface area contributed by atoms with Gasteiger partial charge in [0.15, 0.2) is 0 Å². The van der Waals surface area contributed by atoms with E-state index in [2.05, 4.69) is 4.74 Å². The van der Waals surface area contributed by atoms with Crippen LogP contribution < -0.4 is 4.46 Å². The van der Waals surface area contributed by atoms with Gasteiger partial charge in [-0.3, -0.25) is 0 Å². The molecule has 80 valence electrons. The van der Waals surface area contributed by atoms with Gasteiger partial charge in [-0.25, -0.2) is 0 Å². The summed E-state index contributed by atoms with van der Waals surface area (Å²) in [5.74, 6) is -0.327. The molecular formula is C11H12O3Se. The van der Waals surface area contributed by atoms with Gasteiger partial charge in [0.25, 0.3) is 0 Å². The van der Waals surface area contributed by atoms with Gasteiger partial charge in [0, 0.05) is 0 Å². The minimum atomic E-state index is -0.327. The second kappa shape index (κ2) is 6.38. The Bertz CT molecular complexity index is 335. The number of carbonyl (C=O) groups excluding carboxylic acids is 2. The number of benzene rings is 1. The molecule has 0 fully saturated rings. The van der Waals surface area contributed by atoms with Crippen molar-refractivity contribution in [2.24, 2.45) is 0 Å². The fraction of sp³-hybridized carbons (Fsp3) is 0.273. The summed E-state index contributed by atoms with van der Waals surface area (Å²) in [4.78, 5) is 22.3. The van der Waals surface area contributed by atoms with Gasteiger partial charge >= 0.3 is 94.7 Å². The third-order valence-electron chi connectivity index (χ3n) is 1.74. The van der Waals surface area contributed by atoms with E-state index in [1.165, 1.54) is 7.11 Å². The fourth-order valence-corrected chi connectivity index (χ4v) is 2.57. The van der Waals surface area contributed by atoms with Crippen LogP contribution in [0.25, 0.3) is 0 Å². The molecule has 0 N–H and O–H groups in total. The number of carbonyl (C=O) groups is 2. The second-order valence-electron chi connectivity index (χ2n) is 2.86. The molecule has 0 aliphatic heterocycles. The van der Waals surface area contributed by atoms with Crippen LogP contribution >= 0.6 is 0 Å². The van der Waals surface area contributed by atoms with Crippen molar-refractivity contribution in [2.45, 2.75) is 12.8 Å². The van der Waals surface area contributed by atoms with E-state index >= 15 is 0 Å². The summed E-state index contributed by atoms with van der Waals surface area (Å²) in [6.07, 6.45) is 0.464. The van der Waals surface area contributed by atoms with E-state index < -0.39 is 0 Å². The van der Waals surface area contributed by atoms with Gasteiger partial charge in [0.2, 0.25) is 0 Å². The third kappa shape index (κ3) is 4.77. The molecule has 0 bridgehead atoms. The Kier molecular flexibility index (Phi) is 5.08. The molecule has 1 rings (SSSR count). The number of hydrogen-bond acceptors (Lipinski definition) is 3. The molecule has 0 amide bonds. The van der Waals surface area contributed by atoms with Crippen LogP contribution in [0.4, 0.5) is 0 Å². The number of hydrogen-bond donors (Lipinski definition) is 0. The van der Waals surface area contributed by atoms with Crippen LogP contribution in [0.15, 0.2) is 30.3 Å². The first-order chi connectivity index (χ1) is 7.22. The molecular weight excluding hydrogens is 259 g/mol. The standard InChI is InChI=1S/C11H12O3Se/c1-14-10(12)7-8-11(13)15-9-5-3-2-4-6-9/h2-6H,7-8H2,1H3. The van der Waals surface area contributed by atoms with Crippen molar-refractivity contribution in [3.05, 3.63) is 30.3 Å². The van der Waals surface area contributed by atoms with E-state index in [0.717, 1.165) is 4.46 Å². The molecule has 0 aliphatic rings. The first-order valence-electron chi connectivity index (χ1n) is 4.55. The Labute approximate surface area is 95.0 Å². The summed E-state index contributed by atoms with van der Waals surface area (Å²) in [5.41, 5.74) is 0. The number of methoxy groups -OCH3 is 1. The Hall–Kier alpha value is -1.12. The van der Waals surface area contributed by atoms with E-state index in [9.17, 15) is 9.59 Å². The first-order valence-corrected chi connectivity index (χ1v) is 6.26. The molecule has 0 atom stereocenters. The summed E-state index contributed by atoms with van der Waals surface area (Å²) in [6.45, 7) is 0. The monoisotopic (exact) mass is 272 g/mol. The predicted molar refractivity (Wildman–Crippen MR) is 58.1 cm³/mol. The second-order valence-corrected chi connectivity index (χ2v) is 5.24. The predicted octanol–water partition coefficient (Wildman–Crippen LogP) is 0.496. The Morgan fingerprint density at radius 3 is 2.47 bits per heavy atom. The molecule has 1 aromatic rings. The molecule has 0 heterocycles. The Balaban J connectivity index is 2.34. The maximum atomic E-state index is 11.5. The molecule has 0 aromatic heterocycles. The molecule has 3 nitrogen and oxygen atoms in total. The van der Waals surface area contributed by atoms with Gasteiger partial charge < -0.3 is 0 Å². The van der Waals surface area contributed by atoms with Crippen LogP contribution in [-0.2, 0) is 14.3 Å². The molecule has 4 heteroatoms. The van der Waals surface area contributed by atoms with E-state index in [4.69, 9.17) is 0 Å². The van der Waals surface area contributed by atoms with Crippen molar-refractivity contribution >= 4 is 30.1 Å². The van der Waals surface area contributed by atoms with Crippen LogP contribution in [-0.4, -0.2) is 32.7 Å². The zero-order valence-corrected chi connectivity index (χ0v) is 10.1. The summed E-state index contributed by atoms with van der Waals surface area (Å²) in [5, 5.41) is 0. The van der Waals surface area contributed by atoms with E-state index in [1.807, 2.05) is 30.3 Å². The van der Waals surface area contributed by atoms with E-state index in [1.54, 1.807) is 0 Å². The molecule has 0 radical (unpaired) electrons. The molecule has 15 heavy (non-hydrogen) atoms. The minimum absolute atomic E-state index is 0.124. The number of rotatable bonds is 5. The molecule has 0 spiro atoms. The Morgan fingerprint density at radius 1 is 1.20 bits per heavy atom. The van der Waals surface area contributed by atoms with Crippen molar-refractivity contribution in [1.82, 2.24) is 0 Å². The quantitative estimate of drug-likeness (QED) is 0.578. The van der Waals surface area contributed by atoms with Gasteiger partial charge in [-0.05, 0) is 0 Å². The van der Waals surface area contributed by atoms with Crippen LogP contribution in [0.2, 0.25) is 0 Å². The normalized spacial score (nSPS) is 9.67. The molecule has 0 saturated heterocycles. The van der Waals surface area contributed by atoms with Crippen LogP contribution in [0.5, 0.6) is 0 Å². The summed E-state index contributed by atoms with van der Waals surface area (Å²) >= 11 is -0.185. The van der Waals surface area contributed by atoms with Gasteiger partial charge in [-0.15, -0.1) is 0 Å². The average Bonchev–Trinajstić information content (AvgIpc) is 2.27. The third-order valence-corrected chi connectivity index (χ3v) is 3.71. The van der Waals surface area contributed by atoms with Gasteiger partial charge in [-0.1, -0.05) is 0 Å². The zero-order valence-electron chi connectivity index (χ0n) is 8.43. The summed E-state index contributed by atoms with van der Waals surface area (Å²) in [6, 6.07) is 9.58. The van der Waals surface area contributed by atoms with E-state index in [0.29, 0.717) is 0 Å². The SMILES string of the molecule is COC(=O)CCC(=O)[Se]c1ccccc1. The van der Waals surface area contributed by atoms with Crippen molar-refractivity contribution < 1.29 is 14.3 Å². The number of ether oxygens (including phenoxy) is 1. The summed E-state index contributed by atoms with van der Waals surface area (Å²) < 4.78 is 5.63. The van der Waals surface area contributed by atoms with E-state index in [-0.39, 0.29) is 38.4 Å². The van der Waals surface area contributed by atoms with Crippen LogP contribution in [0, 0.1) is 0 Å². The molecule has 0 unspecified atom stereocenters. The van der Waals surface area contributed by atoms with Crippen molar-refractivity contribution in [2.75, 3.05) is 7.11 Å². The van der Waals surface area contributed by atoms with Crippen molar-refractivity contribution in [1.29, 1.82) is 0 Å². The van der Waals surface area contributed by atoms with Gasteiger partial charge in [-0.2, -0.15) is 0 Å². The van der Waals surface area contributed by atoms with Crippen LogP contribution in [0.3, 0.4) is 0 Å². The first kappa shape index (κ1) is 12.0. The summed E-state index contributed by atoms with van der Waals surface area (Å²) in [7, 11) is 1.33. The molecule has 0 saturated carbocycles. The zero-order chi connectivity index (χ0) is 11.1. The van der Waals surface area contributed by atoms with Crippen LogP contribution in [0.1, 0.15) is 12.8 Å². The molecule has 0 aliphatic carbocycles. The number of esters is 1. The fourth-order valence-electron chi connectivity index (χ4n) is 0.977. The van der Waals surface area contributed by atoms with Crippen molar-refractivity contribution in [3.63, 3.8) is 0 Å². The Morgan fingerprint density at radius 2 is 1.87 bits per heavy atom. The van der Waals surface area contributed by atoms with Gasteiger partial charge in [0.1, 0.15) is 0 Å². The topological polar surface area (TPSA) is 43.4 Å².